The lowest BCUT2D eigenvalue weighted by Gasteiger charge is -2.04. The number of aromatic nitrogens is 1. The maximum absolute atomic E-state index is 12.7. The predicted molar refractivity (Wildman–Crippen MR) is 108 cm³/mol. The minimum atomic E-state index is -0.830. The Morgan fingerprint density at radius 3 is 2.31 bits per heavy atom. The summed E-state index contributed by atoms with van der Waals surface area (Å²) in [5.41, 5.74) is 1.48. The fourth-order valence-electron chi connectivity index (χ4n) is 3.00. The summed E-state index contributed by atoms with van der Waals surface area (Å²) in [6.45, 7) is 4.04. The summed E-state index contributed by atoms with van der Waals surface area (Å²) < 4.78 is 2.59. The second kappa shape index (κ2) is 7.65. The Hall–Kier alpha value is -3.84. The van der Waals surface area contributed by atoms with Gasteiger partial charge in [0.25, 0.3) is 17.3 Å². The molecule has 3 aromatic rings. The van der Waals surface area contributed by atoms with Gasteiger partial charge in [-0.2, -0.15) is 4.99 Å². The van der Waals surface area contributed by atoms with Gasteiger partial charge in [0.2, 0.25) is 0 Å². The van der Waals surface area contributed by atoms with E-state index in [0.29, 0.717) is 4.80 Å². The van der Waals surface area contributed by atoms with Crippen molar-refractivity contribution < 1.29 is 14.6 Å². The second-order valence-corrected chi connectivity index (χ2v) is 7.28. The molecule has 10 heteroatoms. The smallest absolute Gasteiger partial charge is 0.280 e. The van der Waals surface area contributed by atoms with Crippen LogP contribution in [0, 0.1) is 46.4 Å². The Balaban J connectivity index is 2.22. The minimum Gasteiger partial charge on any atom is -0.304 e. The van der Waals surface area contributed by atoms with Crippen LogP contribution >= 0.6 is 11.3 Å². The van der Waals surface area contributed by atoms with Crippen LogP contribution in [-0.2, 0) is 6.54 Å². The first-order chi connectivity index (χ1) is 13.7. The van der Waals surface area contributed by atoms with Crippen LogP contribution in [0.5, 0.6) is 0 Å². The molecule has 29 heavy (non-hydrogen) atoms. The molecule has 1 amide bonds. The van der Waals surface area contributed by atoms with Crippen molar-refractivity contribution >= 4 is 38.8 Å². The van der Waals surface area contributed by atoms with Crippen LogP contribution in [0.15, 0.2) is 35.3 Å². The number of nitrogens with zero attached hydrogens (tertiary/aromatic N) is 4. The number of nitro benzene ring substituents is 2. The van der Waals surface area contributed by atoms with Gasteiger partial charge in [0.15, 0.2) is 4.80 Å². The molecule has 1 aromatic heterocycles. The minimum absolute atomic E-state index is 0.172. The number of aryl methyl sites for hydroxylation is 2. The number of fused-ring (bicyclic) bond motifs is 1. The van der Waals surface area contributed by atoms with Gasteiger partial charge in [-0.25, -0.2) is 0 Å². The van der Waals surface area contributed by atoms with E-state index >= 15 is 0 Å². The van der Waals surface area contributed by atoms with Gasteiger partial charge in [0.05, 0.1) is 38.2 Å². The molecule has 0 unspecified atom stereocenters. The van der Waals surface area contributed by atoms with Crippen molar-refractivity contribution in [2.45, 2.75) is 20.4 Å². The van der Waals surface area contributed by atoms with E-state index in [0.717, 1.165) is 39.5 Å². The molecular formula is C19H14N4O5S. The van der Waals surface area contributed by atoms with Crippen molar-refractivity contribution in [2.24, 2.45) is 4.99 Å². The molecule has 3 rings (SSSR count). The molecule has 0 atom stereocenters. The average Bonchev–Trinajstić information content (AvgIpc) is 2.98. The van der Waals surface area contributed by atoms with E-state index in [-0.39, 0.29) is 12.1 Å². The van der Waals surface area contributed by atoms with E-state index < -0.39 is 27.1 Å². The molecule has 1 heterocycles. The summed E-state index contributed by atoms with van der Waals surface area (Å²) in [4.78, 5) is 37.6. The first-order valence-electron chi connectivity index (χ1n) is 8.28. The summed E-state index contributed by atoms with van der Waals surface area (Å²) in [6.07, 6.45) is 5.47. The predicted octanol–water partition coefficient (Wildman–Crippen LogP) is 3.51. The topological polar surface area (TPSA) is 121 Å². The summed E-state index contributed by atoms with van der Waals surface area (Å²) in [7, 11) is 0. The largest absolute Gasteiger partial charge is 0.304 e. The Kier molecular flexibility index (Phi) is 5.25. The van der Waals surface area contributed by atoms with Crippen LogP contribution in [-0.4, -0.2) is 20.3 Å². The Labute approximate surface area is 168 Å². The Bertz CT molecular complexity index is 1260. The maximum atomic E-state index is 12.7. The zero-order valence-electron chi connectivity index (χ0n) is 15.4. The lowest BCUT2D eigenvalue weighted by atomic mass is 10.1. The molecule has 0 saturated heterocycles. The zero-order valence-corrected chi connectivity index (χ0v) is 16.2. The third-order valence-corrected chi connectivity index (χ3v) is 5.15. The molecule has 0 aliphatic rings. The van der Waals surface area contributed by atoms with Gasteiger partial charge in [0, 0.05) is 12.1 Å². The average molecular weight is 410 g/mol. The number of carbonyl (C=O) groups excluding carboxylic acids is 1. The van der Waals surface area contributed by atoms with Crippen LogP contribution in [0.1, 0.15) is 21.5 Å². The van der Waals surface area contributed by atoms with Gasteiger partial charge in [-0.3, -0.25) is 25.0 Å². The third kappa shape index (κ3) is 3.90. The molecule has 0 spiro atoms. The molecule has 0 radical (unpaired) electrons. The number of non-ortho nitro benzene ring substituents is 2. The highest BCUT2D eigenvalue weighted by atomic mass is 32.1. The number of benzene rings is 2. The summed E-state index contributed by atoms with van der Waals surface area (Å²) in [5.74, 6) is 1.70. The van der Waals surface area contributed by atoms with E-state index in [4.69, 9.17) is 6.42 Å². The van der Waals surface area contributed by atoms with Crippen molar-refractivity contribution in [3.8, 4) is 12.3 Å². The molecule has 9 nitrogen and oxygen atoms in total. The van der Waals surface area contributed by atoms with Crippen LogP contribution in [0.25, 0.3) is 10.2 Å². The first-order valence-corrected chi connectivity index (χ1v) is 9.10. The number of amides is 1. The lowest BCUT2D eigenvalue weighted by molar-refractivity contribution is -0.394. The van der Waals surface area contributed by atoms with Crippen molar-refractivity contribution in [1.82, 2.24) is 4.57 Å². The standard InChI is InChI=1S/C19H14N4O5S/c1-4-5-21-17-12(3)6-11(2)7-16(17)29-19(21)20-18(24)13-8-14(22(25)26)10-15(9-13)23(27)28/h1,6-10H,5H2,2-3H3. The van der Waals surface area contributed by atoms with Crippen molar-refractivity contribution in [3.05, 3.63) is 72.1 Å². The maximum Gasteiger partial charge on any atom is 0.280 e. The van der Waals surface area contributed by atoms with E-state index in [1.54, 1.807) is 4.57 Å². The third-order valence-electron chi connectivity index (χ3n) is 4.13. The van der Waals surface area contributed by atoms with Crippen molar-refractivity contribution in [1.29, 1.82) is 0 Å². The molecule has 0 aliphatic carbocycles. The number of hydrogen-bond donors (Lipinski definition) is 0. The highest BCUT2D eigenvalue weighted by Crippen LogP contribution is 2.25. The number of hydrogen-bond acceptors (Lipinski definition) is 6. The quantitative estimate of drug-likeness (QED) is 0.370. The van der Waals surface area contributed by atoms with Crippen LogP contribution in [0.4, 0.5) is 11.4 Å². The summed E-state index contributed by atoms with van der Waals surface area (Å²) in [5, 5.41) is 22.1. The molecule has 0 saturated carbocycles. The van der Waals surface area contributed by atoms with Gasteiger partial charge in [-0.15, -0.1) is 6.42 Å². The van der Waals surface area contributed by atoms with Crippen LogP contribution < -0.4 is 4.80 Å². The molecule has 2 aromatic carbocycles. The van der Waals surface area contributed by atoms with Gasteiger partial charge >= 0.3 is 0 Å². The number of terminal acetylenes is 1. The normalized spacial score (nSPS) is 11.4. The fraction of sp³-hybridized carbons (Fsp3) is 0.158. The van der Waals surface area contributed by atoms with Gasteiger partial charge in [-0.1, -0.05) is 23.3 Å². The molecular weight excluding hydrogens is 396 g/mol. The Morgan fingerprint density at radius 2 is 1.76 bits per heavy atom. The van der Waals surface area contributed by atoms with E-state index in [9.17, 15) is 25.0 Å². The molecule has 0 fully saturated rings. The summed E-state index contributed by atoms with van der Waals surface area (Å²) in [6, 6.07) is 6.65. The SMILES string of the molecule is C#CCn1c(=NC(=O)c2cc([N+](=O)[O-])cc([N+](=O)[O-])c2)sc2cc(C)cc(C)c21. The van der Waals surface area contributed by atoms with E-state index in [2.05, 4.69) is 10.9 Å². The second-order valence-electron chi connectivity index (χ2n) is 6.27. The lowest BCUT2D eigenvalue weighted by Crippen LogP contribution is -2.17. The molecule has 146 valence electrons. The van der Waals surface area contributed by atoms with Crippen LogP contribution in [0.3, 0.4) is 0 Å². The highest BCUT2D eigenvalue weighted by molar-refractivity contribution is 7.16. The number of carbonyl (C=O) groups is 1. The van der Waals surface area contributed by atoms with Crippen LogP contribution in [0.2, 0.25) is 0 Å². The zero-order chi connectivity index (χ0) is 21.3. The van der Waals surface area contributed by atoms with Crippen molar-refractivity contribution in [2.75, 3.05) is 0 Å². The number of thiazole rings is 1. The van der Waals surface area contributed by atoms with Gasteiger partial charge in [-0.05, 0) is 31.0 Å². The van der Waals surface area contributed by atoms with E-state index in [1.807, 2.05) is 26.0 Å². The number of nitro groups is 2. The molecule has 0 N–H and O–H groups in total. The summed E-state index contributed by atoms with van der Waals surface area (Å²) >= 11 is 1.25. The van der Waals surface area contributed by atoms with Gasteiger partial charge in [0.1, 0.15) is 0 Å². The van der Waals surface area contributed by atoms with Crippen molar-refractivity contribution in [3.63, 3.8) is 0 Å². The molecule has 0 aliphatic heterocycles. The fourth-order valence-corrected chi connectivity index (χ4v) is 4.20. The van der Waals surface area contributed by atoms with E-state index in [1.165, 1.54) is 11.3 Å². The monoisotopic (exact) mass is 410 g/mol. The first kappa shape index (κ1) is 19.9. The molecule has 0 bridgehead atoms. The highest BCUT2D eigenvalue weighted by Gasteiger charge is 2.20. The van der Waals surface area contributed by atoms with Gasteiger partial charge < -0.3 is 4.57 Å². The number of rotatable bonds is 4. The Morgan fingerprint density at radius 1 is 1.14 bits per heavy atom.